The summed E-state index contributed by atoms with van der Waals surface area (Å²) in [7, 11) is -3.73. The average molecular weight is 402 g/mol. The number of aromatic nitrogens is 1. The van der Waals surface area contributed by atoms with E-state index in [1.54, 1.807) is 35.4 Å². The van der Waals surface area contributed by atoms with Crippen LogP contribution in [-0.2, 0) is 21.4 Å². The van der Waals surface area contributed by atoms with E-state index >= 15 is 0 Å². The minimum Gasteiger partial charge on any atom is -0.346 e. The third kappa shape index (κ3) is 4.55. The summed E-state index contributed by atoms with van der Waals surface area (Å²) in [5.74, 6) is -0.437. The van der Waals surface area contributed by atoms with Crippen molar-refractivity contribution < 1.29 is 18.0 Å². The highest BCUT2D eigenvalue weighted by Gasteiger charge is 2.29. The molecule has 8 nitrogen and oxygen atoms in total. The number of carbonyl (C=O) groups is 2. The summed E-state index contributed by atoms with van der Waals surface area (Å²) in [5.41, 5.74) is 0.974. The Kier molecular flexibility index (Phi) is 6.05. The van der Waals surface area contributed by atoms with Gasteiger partial charge in [0, 0.05) is 44.9 Å². The maximum Gasteiger partial charge on any atom is 0.251 e. The van der Waals surface area contributed by atoms with Gasteiger partial charge >= 0.3 is 0 Å². The molecule has 2 amide bonds. The van der Waals surface area contributed by atoms with E-state index in [1.165, 1.54) is 23.4 Å². The van der Waals surface area contributed by atoms with Gasteiger partial charge in [0.05, 0.1) is 17.1 Å². The summed E-state index contributed by atoms with van der Waals surface area (Å²) in [6, 6.07) is 11.4. The van der Waals surface area contributed by atoms with Crippen molar-refractivity contribution in [2.24, 2.45) is 0 Å². The van der Waals surface area contributed by atoms with Gasteiger partial charge in [0.25, 0.3) is 5.91 Å². The van der Waals surface area contributed by atoms with Crippen molar-refractivity contribution in [2.75, 3.05) is 26.2 Å². The molecule has 9 heteroatoms. The molecule has 148 valence electrons. The molecule has 1 aliphatic heterocycles. The van der Waals surface area contributed by atoms with Crippen LogP contribution in [0.25, 0.3) is 0 Å². The van der Waals surface area contributed by atoms with E-state index in [0.29, 0.717) is 18.8 Å². The quantitative estimate of drug-likeness (QED) is 0.800. The maximum absolute atomic E-state index is 12.9. The second-order valence-corrected chi connectivity index (χ2v) is 8.38. The summed E-state index contributed by atoms with van der Waals surface area (Å²) in [6.07, 6.45) is 1.64. The lowest BCUT2D eigenvalue weighted by Crippen LogP contribution is -2.49. The maximum atomic E-state index is 12.9. The smallest absolute Gasteiger partial charge is 0.251 e. The first-order valence-electron chi connectivity index (χ1n) is 8.92. The van der Waals surface area contributed by atoms with Crippen LogP contribution in [0.3, 0.4) is 0 Å². The highest BCUT2D eigenvalue weighted by molar-refractivity contribution is 7.89. The van der Waals surface area contributed by atoms with E-state index in [-0.39, 0.29) is 41.9 Å². The Bertz CT molecular complexity index is 955. The van der Waals surface area contributed by atoms with E-state index < -0.39 is 10.0 Å². The monoisotopic (exact) mass is 402 g/mol. The number of hydrogen-bond donors (Lipinski definition) is 1. The molecular weight excluding hydrogens is 380 g/mol. The van der Waals surface area contributed by atoms with Crippen LogP contribution in [0.4, 0.5) is 0 Å². The van der Waals surface area contributed by atoms with Crippen LogP contribution in [0.1, 0.15) is 23.0 Å². The normalized spacial score (nSPS) is 15.2. The van der Waals surface area contributed by atoms with Crippen LogP contribution in [0.15, 0.2) is 53.6 Å². The number of rotatable bonds is 5. The Morgan fingerprint density at radius 1 is 1.07 bits per heavy atom. The first-order chi connectivity index (χ1) is 13.4. The lowest BCUT2D eigenvalue weighted by Gasteiger charge is -2.33. The molecule has 0 radical (unpaired) electrons. The Morgan fingerprint density at radius 3 is 2.46 bits per heavy atom. The fraction of sp³-hybridized carbons (Fsp3) is 0.316. The topological polar surface area (TPSA) is 99.7 Å². The third-order valence-electron chi connectivity index (χ3n) is 4.57. The second kappa shape index (κ2) is 8.49. The summed E-state index contributed by atoms with van der Waals surface area (Å²) in [6.45, 7) is 2.91. The zero-order valence-corrected chi connectivity index (χ0v) is 16.4. The number of sulfonamides is 1. The zero-order chi connectivity index (χ0) is 20.1. The number of nitrogens with one attached hydrogen (secondary N) is 1. The molecule has 3 rings (SSSR count). The van der Waals surface area contributed by atoms with Crippen molar-refractivity contribution in [3.05, 3.63) is 59.9 Å². The SMILES string of the molecule is CC(=O)N1CCN(S(=O)(=O)c2cccc(C(=O)NCc3ccccn3)c2)CC1. The molecule has 1 N–H and O–H groups in total. The van der Waals surface area contributed by atoms with Crippen LogP contribution < -0.4 is 5.32 Å². The number of benzene rings is 1. The lowest BCUT2D eigenvalue weighted by molar-refractivity contribution is -0.129. The van der Waals surface area contributed by atoms with E-state index in [4.69, 9.17) is 0 Å². The van der Waals surface area contributed by atoms with Crippen molar-refractivity contribution in [3.8, 4) is 0 Å². The van der Waals surface area contributed by atoms with Gasteiger partial charge < -0.3 is 10.2 Å². The van der Waals surface area contributed by atoms with Crippen molar-refractivity contribution in [3.63, 3.8) is 0 Å². The molecule has 0 saturated carbocycles. The Balaban J connectivity index is 1.69. The molecule has 0 unspecified atom stereocenters. The number of amides is 2. The summed E-state index contributed by atoms with van der Waals surface area (Å²) < 4.78 is 27.1. The molecule has 2 aromatic rings. The molecule has 28 heavy (non-hydrogen) atoms. The van der Waals surface area contributed by atoms with Crippen LogP contribution in [0.2, 0.25) is 0 Å². The van der Waals surface area contributed by atoms with E-state index in [1.807, 2.05) is 6.07 Å². The molecule has 1 saturated heterocycles. The Hall–Kier alpha value is -2.78. The number of hydrogen-bond acceptors (Lipinski definition) is 5. The predicted octanol–water partition coefficient (Wildman–Crippen LogP) is 0.864. The Morgan fingerprint density at radius 2 is 1.82 bits per heavy atom. The van der Waals surface area contributed by atoms with Crippen molar-refractivity contribution in [1.82, 2.24) is 19.5 Å². The molecule has 1 aromatic heterocycles. The van der Waals surface area contributed by atoms with Gasteiger partial charge in [-0.25, -0.2) is 8.42 Å². The van der Waals surface area contributed by atoms with Gasteiger partial charge in [0.15, 0.2) is 0 Å². The fourth-order valence-corrected chi connectivity index (χ4v) is 4.43. The van der Waals surface area contributed by atoms with Crippen molar-refractivity contribution in [2.45, 2.75) is 18.4 Å². The zero-order valence-electron chi connectivity index (χ0n) is 15.5. The summed E-state index contributed by atoms with van der Waals surface area (Å²) in [5, 5.41) is 2.74. The minimum absolute atomic E-state index is 0.0641. The summed E-state index contributed by atoms with van der Waals surface area (Å²) in [4.78, 5) is 29.6. The largest absolute Gasteiger partial charge is 0.346 e. The standard InChI is InChI=1S/C19H22N4O4S/c1-15(24)22-9-11-23(12-10-22)28(26,27)18-7-4-5-16(13-18)19(25)21-14-17-6-2-3-8-20-17/h2-8,13H,9-12,14H2,1H3,(H,21,25). The van der Waals surface area contributed by atoms with Gasteiger partial charge in [-0.3, -0.25) is 14.6 Å². The molecule has 2 heterocycles. The molecule has 1 fully saturated rings. The van der Waals surface area contributed by atoms with E-state index in [2.05, 4.69) is 10.3 Å². The first-order valence-corrected chi connectivity index (χ1v) is 10.4. The molecule has 1 aromatic carbocycles. The minimum atomic E-state index is -3.73. The number of carbonyl (C=O) groups excluding carboxylic acids is 2. The molecule has 0 spiro atoms. The number of nitrogens with zero attached hydrogens (tertiary/aromatic N) is 3. The van der Waals surface area contributed by atoms with Gasteiger partial charge in [-0.1, -0.05) is 12.1 Å². The van der Waals surface area contributed by atoms with Gasteiger partial charge in [-0.05, 0) is 30.3 Å². The van der Waals surface area contributed by atoms with E-state index in [9.17, 15) is 18.0 Å². The third-order valence-corrected chi connectivity index (χ3v) is 6.47. The second-order valence-electron chi connectivity index (χ2n) is 6.44. The van der Waals surface area contributed by atoms with Gasteiger partial charge in [-0.15, -0.1) is 0 Å². The molecule has 1 aliphatic rings. The number of piperazine rings is 1. The fourth-order valence-electron chi connectivity index (χ4n) is 2.97. The first kappa shape index (κ1) is 20.0. The molecule has 0 atom stereocenters. The average Bonchev–Trinajstić information content (AvgIpc) is 2.73. The highest BCUT2D eigenvalue weighted by atomic mass is 32.2. The predicted molar refractivity (Wildman–Crippen MR) is 103 cm³/mol. The highest BCUT2D eigenvalue weighted by Crippen LogP contribution is 2.19. The van der Waals surface area contributed by atoms with Gasteiger partial charge in [0.2, 0.25) is 15.9 Å². The lowest BCUT2D eigenvalue weighted by atomic mass is 10.2. The van der Waals surface area contributed by atoms with Crippen LogP contribution in [0, 0.1) is 0 Å². The Labute approximate surface area is 164 Å². The van der Waals surface area contributed by atoms with Gasteiger partial charge in [-0.2, -0.15) is 4.31 Å². The molecule has 0 aliphatic carbocycles. The van der Waals surface area contributed by atoms with Crippen LogP contribution >= 0.6 is 0 Å². The number of pyridine rings is 1. The van der Waals surface area contributed by atoms with Crippen molar-refractivity contribution >= 4 is 21.8 Å². The van der Waals surface area contributed by atoms with E-state index in [0.717, 1.165) is 0 Å². The van der Waals surface area contributed by atoms with Crippen molar-refractivity contribution in [1.29, 1.82) is 0 Å². The van der Waals surface area contributed by atoms with Crippen LogP contribution in [-0.4, -0.2) is 60.6 Å². The molecular formula is C19H22N4O4S. The van der Waals surface area contributed by atoms with Gasteiger partial charge in [0.1, 0.15) is 0 Å². The summed E-state index contributed by atoms with van der Waals surface area (Å²) >= 11 is 0. The molecule has 0 bridgehead atoms. The van der Waals surface area contributed by atoms with Crippen LogP contribution in [0.5, 0.6) is 0 Å².